The van der Waals surface area contributed by atoms with Gasteiger partial charge in [-0.25, -0.2) is 9.50 Å². The highest BCUT2D eigenvalue weighted by molar-refractivity contribution is 6.31. The van der Waals surface area contributed by atoms with Gasteiger partial charge in [0.05, 0.1) is 23.4 Å². The van der Waals surface area contributed by atoms with Crippen molar-refractivity contribution in [3.8, 4) is 22.4 Å². The van der Waals surface area contributed by atoms with Crippen molar-refractivity contribution in [3.63, 3.8) is 0 Å². The van der Waals surface area contributed by atoms with Crippen LogP contribution in [-0.2, 0) is 16.6 Å². The van der Waals surface area contributed by atoms with E-state index in [0.29, 0.717) is 15.6 Å². The molecule has 2 radical (unpaired) electrons. The Hall–Kier alpha value is -4.27. The molecule has 0 fully saturated rings. The Bertz CT molecular complexity index is 1850. The number of nitrogens with two attached hydrogens (primary N) is 1. The highest BCUT2D eigenvalue weighted by atomic mass is 28.2. The highest BCUT2D eigenvalue weighted by Crippen LogP contribution is 2.37. The van der Waals surface area contributed by atoms with Gasteiger partial charge in [0, 0.05) is 22.7 Å². The Morgan fingerprint density at radius 2 is 1.68 bits per heavy atom. The molecule has 0 unspecified atom stereocenters. The van der Waals surface area contributed by atoms with Gasteiger partial charge in [0.25, 0.3) is 0 Å². The van der Waals surface area contributed by atoms with E-state index in [2.05, 4.69) is 124 Å². The molecule has 6 aromatic rings. The molecule has 0 saturated carbocycles. The second kappa shape index (κ2) is 10.3. The summed E-state index contributed by atoms with van der Waals surface area (Å²) in [4.78, 5) is 4.32. The fourth-order valence-corrected chi connectivity index (χ4v) is 5.65. The Morgan fingerprint density at radius 1 is 0.878 bits per heavy atom. The second-order valence-electron chi connectivity index (χ2n) is 12.0. The average molecular weight is 559 g/mol. The first-order valence-corrected chi connectivity index (χ1v) is 14.7. The molecular weight excluding hydrogens is 524 g/mol. The lowest BCUT2D eigenvalue weighted by Gasteiger charge is -2.30. The summed E-state index contributed by atoms with van der Waals surface area (Å²) in [6.45, 7) is 11.6. The number of nitrogens with zero attached hydrogens (tertiary/aromatic N) is 5. The van der Waals surface area contributed by atoms with Gasteiger partial charge in [-0.2, -0.15) is 10.2 Å². The quantitative estimate of drug-likeness (QED) is 0.211. The van der Waals surface area contributed by atoms with Crippen LogP contribution in [0.5, 0.6) is 0 Å². The van der Waals surface area contributed by atoms with Crippen LogP contribution in [0.25, 0.3) is 38.8 Å². The molecule has 7 nitrogen and oxygen atoms in total. The molecule has 41 heavy (non-hydrogen) atoms. The lowest BCUT2D eigenvalue weighted by Crippen LogP contribution is -2.27. The van der Waals surface area contributed by atoms with Crippen molar-refractivity contribution < 1.29 is 4.43 Å². The van der Waals surface area contributed by atoms with Crippen LogP contribution in [0.4, 0.5) is 5.82 Å². The van der Waals surface area contributed by atoms with Crippen LogP contribution >= 0.6 is 0 Å². The summed E-state index contributed by atoms with van der Waals surface area (Å²) >= 11 is 0. The van der Waals surface area contributed by atoms with Gasteiger partial charge in [0.1, 0.15) is 11.8 Å². The number of benzene rings is 3. The summed E-state index contributed by atoms with van der Waals surface area (Å²) in [6.07, 6.45) is 3.59. The van der Waals surface area contributed by atoms with Crippen molar-refractivity contribution in [2.45, 2.75) is 51.8 Å². The maximum atomic E-state index is 6.46. The first-order valence-electron chi connectivity index (χ1n) is 13.8. The van der Waals surface area contributed by atoms with Crippen LogP contribution in [0.15, 0.2) is 91.4 Å². The molecule has 0 atom stereocenters. The van der Waals surface area contributed by atoms with E-state index in [-0.39, 0.29) is 5.04 Å². The zero-order valence-electron chi connectivity index (χ0n) is 24.1. The van der Waals surface area contributed by atoms with Gasteiger partial charge < -0.3 is 10.2 Å². The Kier molecular flexibility index (Phi) is 6.75. The van der Waals surface area contributed by atoms with Crippen LogP contribution in [0.1, 0.15) is 45.7 Å². The molecule has 0 bridgehead atoms. The molecular formula is C33H34N6OSi. The first-order chi connectivity index (χ1) is 19.6. The topological polar surface area (TPSA) is 83.3 Å². The molecule has 206 valence electrons. The lowest BCUT2D eigenvalue weighted by molar-refractivity contribution is 0.109. The molecule has 0 aliphatic carbocycles. The van der Waals surface area contributed by atoms with Crippen molar-refractivity contribution in [2.75, 3.05) is 5.73 Å². The standard InChI is InChI=1S/C33H34N6OSi/c1-32(2,3)41-40-33(4,5)26-13-9-12-24(16-26)29-18-27(30-31(34)35-21-36-39(29)30)23-14-15-25-20-38(37-28(25)17-23)19-22-10-7-6-8-11-22/h6-18,20-21H,19H2,1-5H3,(H2,34,35,36). The third kappa shape index (κ3) is 5.53. The average Bonchev–Trinajstić information content (AvgIpc) is 3.54. The van der Waals surface area contributed by atoms with Crippen LogP contribution in [0.2, 0.25) is 5.04 Å². The summed E-state index contributed by atoms with van der Waals surface area (Å²) in [5.74, 6) is 0.433. The number of aromatic nitrogens is 5. The zero-order valence-corrected chi connectivity index (χ0v) is 25.1. The van der Waals surface area contributed by atoms with Gasteiger partial charge in [-0.15, -0.1) is 0 Å². The van der Waals surface area contributed by atoms with Crippen molar-refractivity contribution >= 4 is 32.0 Å². The normalized spacial score (nSPS) is 12.4. The summed E-state index contributed by atoms with van der Waals surface area (Å²) in [6, 6.07) is 27.3. The summed E-state index contributed by atoms with van der Waals surface area (Å²) < 4.78 is 10.3. The van der Waals surface area contributed by atoms with Gasteiger partial charge >= 0.3 is 0 Å². The molecule has 0 saturated heterocycles. The monoisotopic (exact) mass is 558 g/mol. The maximum absolute atomic E-state index is 6.46. The molecule has 8 heteroatoms. The van der Waals surface area contributed by atoms with E-state index in [1.54, 1.807) is 0 Å². The number of hydrogen-bond acceptors (Lipinski definition) is 5. The van der Waals surface area contributed by atoms with Crippen molar-refractivity contribution in [1.82, 2.24) is 24.4 Å². The molecule has 6 rings (SSSR count). The fraction of sp³-hybridized carbons (Fsp3) is 0.242. The third-order valence-electron chi connectivity index (χ3n) is 7.10. The lowest BCUT2D eigenvalue weighted by atomic mass is 9.95. The van der Waals surface area contributed by atoms with E-state index in [0.717, 1.165) is 50.9 Å². The predicted octanol–water partition coefficient (Wildman–Crippen LogP) is 7.13. The van der Waals surface area contributed by atoms with Gasteiger partial charge in [0.2, 0.25) is 9.76 Å². The molecule has 0 aliphatic heterocycles. The SMILES string of the molecule is CC(C)(C)[Si]OC(C)(C)c1cccc(-c2cc(-c3ccc4cn(Cc5ccccc5)nc4c3)c3c(N)ncnn23)c1. The summed E-state index contributed by atoms with van der Waals surface area (Å²) in [7, 11) is 0.385. The smallest absolute Gasteiger partial charge is 0.236 e. The van der Waals surface area contributed by atoms with Gasteiger partial charge in [-0.05, 0) is 53.8 Å². The van der Waals surface area contributed by atoms with Crippen molar-refractivity contribution in [1.29, 1.82) is 0 Å². The minimum Gasteiger partial charge on any atom is -0.408 e. The highest BCUT2D eigenvalue weighted by Gasteiger charge is 2.26. The van der Waals surface area contributed by atoms with Crippen molar-refractivity contribution in [2.24, 2.45) is 0 Å². The molecule has 3 aromatic carbocycles. The minimum atomic E-state index is -0.435. The Labute approximate surface area is 242 Å². The second-order valence-corrected chi connectivity index (χ2v) is 13.9. The number of rotatable bonds is 7. The molecule has 0 amide bonds. The number of fused-ring (bicyclic) bond motifs is 2. The van der Waals surface area contributed by atoms with E-state index in [1.807, 2.05) is 15.3 Å². The molecule has 2 N–H and O–H groups in total. The van der Waals surface area contributed by atoms with Gasteiger partial charge in [-0.3, -0.25) is 4.68 Å². The van der Waals surface area contributed by atoms with Crippen LogP contribution in [-0.4, -0.2) is 34.1 Å². The van der Waals surface area contributed by atoms with Gasteiger partial charge in [-0.1, -0.05) is 81.4 Å². The molecule has 3 heterocycles. The number of nitrogen functional groups attached to an aromatic ring is 1. The van der Waals surface area contributed by atoms with Gasteiger partial charge in [0.15, 0.2) is 5.82 Å². The number of anilines is 1. The van der Waals surface area contributed by atoms with Crippen molar-refractivity contribution in [3.05, 3.63) is 103 Å². The Morgan fingerprint density at radius 3 is 2.46 bits per heavy atom. The third-order valence-corrected chi connectivity index (χ3v) is 8.33. The van der Waals surface area contributed by atoms with Crippen LogP contribution in [0, 0.1) is 0 Å². The molecule has 3 aromatic heterocycles. The van der Waals surface area contributed by atoms with E-state index in [9.17, 15) is 0 Å². The molecule has 0 aliphatic rings. The zero-order chi connectivity index (χ0) is 28.8. The largest absolute Gasteiger partial charge is 0.408 e. The van der Waals surface area contributed by atoms with E-state index < -0.39 is 5.60 Å². The minimum absolute atomic E-state index is 0.106. The summed E-state index contributed by atoms with van der Waals surface area (Å²) in [5.41, 5.74) is 14.0. The van der Waals surface area contributed by atoms with E-state index in [4.69, 9.17) is 15.3 Å². The predicted molar refractivity (Wildman–Crippen MR) is 167 cm³/mol. The fourth-order valence-electron chi connectivity index (χ4n) is 4.97. The van der Waals surface area contributed by atoms with E-state index in [1.165, 1.54) is 11.9 Å². The van der Waals surface area contributed by atoms with Crippen LogP contribution < -0.4 is 5.73 Å². The summed E-state index contributed by atoms with van der Waals surface area (Å²) in [5, 5.41) is 10.7. The molecule has 0 spiro atoms. The Balaban J connectivity index is 1.40. The van der Waals surface area contributed by atoms with Crippen LogP contribution in [0.3, 0.4) is 0 Å². The first kappa shape index (κ1) is 26.9. The number of hydrogen-bond donors (Lipinski definition) is 1. The maximum Gasteiger partial charge on any atom is 0.236 e. The van der Waals surface area contributed by atoms with E-state index >= 15 is 0 Å².